The average molecular weight is 617 g/mol. The maximum absolute atomic E-state index is 13.4. The molecule has 0 bridgehead atoms. The molecule has 5 aromatic rings. The highest BCUT2D eigenvalue weighted by molar-refractivity contribution is 6.40. The van der Waals surface area contributed by atoms with Gasteiger partial charge in [-0.15, -0.1) is 0 Å². The van der Waals surface area contributed by atoms with Crippen molar-refractivity contribution >= 4 is 52.2 Å². The molecule has 0 aliphatic heterocycles. The molecule has 8 nitrogen and oxygen atoms in total. The molecule has 0 aliphatic rings. The number of carbonyl (C=O) groups is 2. The molecule has 5 rings (SSSR count). The molecule has 0 saturated heterocycles. The summed E-state index contributed by atoms with van der Waals surface area (Å²) in [5.74, 6) is 0.168. The Bertz CT molecular complexity index is 1820. The number of hydrogen-bond donors (Lipinski definition) is 2. The number of fused-ring (bicyclic) bond motifs is 1. The van der Waals surface area contributed by atoms with Crippen LogP contribution >= 0.6 is 23.2 Å². The Morgan fingerprint density at radius 1 is 0.860 bits per heavy atom. The number of aromatic nitrogens is 1. The van der Waals surface area contributed by atoms with Crippen LogP contribution in [-0.4, -0.2) is 36.3 Å². The van der Waals surface area contributed by atoms with Gasteiger partial charge in [0.2, 0.25) is 0 Å². The molecule has 10 heteroatoms. The monoisotopic (exact) mass is 615 g/mol. The van der Waals surface area contributed by atoms with E-state index in [9.17, 15) is 9.59 Å². The number of hydrogen-bond acceptors (Lipinski definition) is 6. The Balaban J connectivity index is 1.37. The summed E-state index contributed by atoms with van der Waals surface area (Å²) in [4.78, 5) is 29.5. The number of H-pyrrole nitrogens is 1. The van der Waals surface area contributed by atoms with Crippen LogP contribution in [0.2, 0.25) is 10.0 Å². The number of nitrogens with one attached hydrogen (secondary N) is 2. The SMILES string of the molecule is CCOc1ccc(C(=O)Oc2ccccc2C=NNC(=O)c2[nH]c3cc(Cl)cc(Cl)c3c2-c2ccccc2)cc1OCC. The summed E-state index contributed by atoms with van der Waals surface area (Å²) in [6.45, 7) is 4.59. The van der Waals surface area contributed by atoms with E-state index in [1.807, 2.05) is 44.2 Å². The number of nitrogens with zero attached hydrogens (tertiary/aromatic N) is 1. The maximum Gasteiger partial charge on any atom is 0.343 e. The van der Waals surface area contributed by atoms with Crippen LogP contribution in [-0.2, 0) is 0 Å². The van der Waals surface area contributed by atoms with Gasteiger partial charge in [0.25, 0.3) is 5.91 Å². The van der Waals surface area contributed by atoms with Crippen LogP contribution in [0.25, 0.3) is 22.0 Å². The van der Waals surface area contributed by atoms with Crippen molar-refractivity contribution in [1.82, 2.24) is 10.4 Å². The van der Waals surface area contributed by atoms with E-state index in [4.69, 9.17) is 37.4 Å². The van der Waals surface area contributed by atoms with Crippen molar-refractivity contribution < 1.29 is 23.8 Å². The standard InChI is InChI=1S/C33H27Cl2N3O5/c1-3-41-27-15-14-21(16-28(27)42-4-2)33(40)43-26-13-9-8-12-22(26)19-36-38-32(39)31-29(20-10-6-5-7-11-20)30-24(35)17-23(34)18-25(30)37-31/h5-19,37H,3-4H2,1-2H3,(H,38,39). The normalized spacial score (nSPS) is 11.1. The first-order valence-electron chi connectivity index (χ1n) is 13.5. The highest BCUT2D eigenvalue weighted by Gasteiger charge is 2.21. The number of aromatic amines is 1. The van der Waals surface area contributed by atoms with E-state index in [0.29, 0.717) is 56.8 Å². The molecule has 1 heterocycles. The minimum atomic E-state index is -0.588. The van der Waals surface area contributed by atoms with Gasteiger partial charge in [-0.25, -0.2) is 10.2 Å². The van der Waals surface area contributed by atoms with Crippen LogP contribution in [0.5, 0.6) is 17.2 Å². The van der Waals surface area contributed by atoms with Gasteiger partial charge in [0.15, 0.2) is 11.5 Å². The summed E-state index contributed by atoms with van der Waals surface area (Å²) in [5, 5.41) is 5.67. The molecule has 43 heavy (non-hydrogen) atoms. The van der Waals surface area contributed by atoms with Crippen LogP contribution in [0.1, 0.15) is 40.3 Å². The number of carbonyl (C=O) groups excluding carboxylic acids is 2. The zero-order valence-corrected chi connectivity index (χ0v) is 24.8. The van der Waals surface area contributed by atoms with Crippen molar-refractivity contribution in [3.05, 3.63) is 112 Å². The maximum atomic E-state index is 13.4. The molecule has 0 fully saturated rings. The summed E-state index contributed by atoms with van der Waals surface area (Å²) >= 11 is 12.8. The van der Waals surface area contributed by atoms with E-state index >= 15 is 0 Å². The minimum absolute atomic E-state index is 0.259. The predicted octanol–water partition coefficient (Wildman–Crippen LogP) is 7.92. The van der Waals surface area contributed by atoms with Crippen LogP contribution in [0.4, 0.5) is 0 Å². The van der Waals surface area contributed by atoms with E-state index in [1.54, 1.807) is 54.6 Å². The summed E-state index contributed by atoms with van der Waals surface area (Å²) in [5.41, 5.74) is 5.63. The molecule has 0 aliphatic carbocycles. The zero-order valence-electron chi connectivity index (χ0n) is 23.3. The van der Waals surface area contributed by atoms with Gasteiger partial charge in [-0.05, 0) is 61.9 Å². The Morgan fingerprint density at radius 3 is 2.35 bits per heavy atom. The zero-order chi connectivity index (χ0) is 30.3. The summed E-state index contributed by atoms with van der Waals surface area (Å²) in [6, 6.07) is 24.5. The molecule has 218 valence electrons. The van der Waals surface area contributed by atoms with E-state index in [2.05, 4.69) is 15.5 Å². The second kappa shape index (κ2) is 13.5. The molecule has 0 radical (unpaired) electrons. The van der Waals surface area contributed by atoms with Crippen molar-refractivity contribution in [2.24, 2.45) is 5.10 Å². The van der Waals surface area contributed by atoms with Crippen LogP contribution < -0.4 is 19.6 Å². The summed E-state index contributed by atoms with van der Waals surface area (Å²) < 4.78 is 16.9. The first-order valence-corrected chi connectivity index (χ1v) is 14.3. The predicted molar refractivity (Wildman–Crippen MR) is 169 cm³/mol. The van der Waals surface area contributed by atoms with E-state index < -0.39 is 11.9 Å². The van der Waals surface area contributed by atoms with Crippen molar-refractivity contribution in [1.29, 1.82) is 0 Å². The van der Waals surface area contributed by atoms with Gasteiger partial charge >= 0.3 is 5.97 Å². The number of benzene rings is 4. The lowest BCUT2D eigenvalue weighted by molar-refractivity contribution is 0.0733. The van der Waals surface area contributed by atoms with Gasteiger partial charge in [0.1, 0.15) is 11.4 Å². The number of amides is 1. The molecule has 0 atom stereocenters. The number of ether oxygens (including phenoxy) is 3. The van der Waals surface area contributed by atoms with Gasteiger partial charge < -0.3 is 19.2 Å². The largest absolute Gasteiger partial charge is 0.490 e. The summed E-state index contributed by atoms with van der Waals surface area (Å²) in [7, 11) is 0. The molecule has 4 aromatic carbocycles. The van der Waals surface area contributed by atoms with Crippen molar-refractivity contribution in [2.75, 3.05) is 13.2 Å². The number of hydrazone groups is 1. The highest BCUT2D eigenvalue weighted by Crippen LogP contribution is 2.38. The Kier molecular flexibility index (Phi) is 9.29. The molecular weight excluding hydrogens is 589 g/mol. The average Bonchev–Trinajstić information content (AvgIpc) is 3.39. The lowest BCUT2D eigenvalue weighted by Crippen LogP contribution is -2.19. The van der Waals surface area contributed by atoms with Gasteiger partial charge in [0.05, 0.1) is 30.0 Å². The molecular formula is C33H27Cl2N3O5. The first kappa shape index (κ1) is 29.7. The van der Waals surface area contributed by atoms with E-state index in [0.717, 1.165) is 5.56 Å². The fraction of sp³-hybridized carbons (Fsp3) is 0.121. The van der Waals surface area contributed by atoms with Gasteiger partial charge in [-0.3, -0.25) is 4.79 Å². The second-order valence-corrected chi connectivity index (χ2v) is 10.0. The van der Waals surface area contributed by atoms with Crippen molar-refractivity contribution in [3.8, 4) is 28.4 Å². The first-order chi connectivity index (χ1) is 20.9. The quantitative estimate of drug-likeness (QED) is 0.0719. The molecule has 0 unspecified atom stereocenters. The van der Waals surface area contributed by atoms with Crippen molar-refractivity contribution in [2.45, 2.75) is 13.8 Å². The molecule has 0 spiro atoms. The van der Waals surface area contributed by atoms with Gasteiger partial charge in [0, 0.05) is 27.1 Å². The second-order valence-electron chi connectivity index (χ2n) is 9.21. The topological polar surface area (TPSA) is 102 Å². The Labute approximate surface area is 258 Å². The molecule has 0 saturated carbocycles. The third-order valence-electron chi connectivity index (χ3n) is 6.37. The third kappa shape index (κ3) is 6.66. The fourth-order valence-electron chi connectivity index (χ4n) is 4.55. The lowest BCUT2D eigenvalue weighted by Gasteiger charge is -2.12. The highest BCUT2D eigenvalue weighted by atomic mass is 35.5. The Morgan fingerprint density at radius 2 is 1.58 bits per heavy atom. The third-order valence-corrected chi connectivity index (χ3v) is 6.89. The van der Waals surface area contributed by atoms with Gasteiger partial charge in [-0.1, -0.05) is 65.7 Å². The minimum Gasteiger partial charge on any atom is -0.490 e. The summed E-state index contributed by atoms with van der Waals surface area (Å²) in [6.07, 6.45) is 1.40. The smallest absolute Gasteiger partial charge is 0.343 e. The fourth-order valence-corrected chi connectivity index (χ4v) is 5.13. The van der Waals surface area contributed by atoms with Crippen molar-refractivity contribution in [3.63, 3.8) is 0 Å². The van der Waals surface area contributed by atoms with Crippen LogP contribution in [0, 0.1) is 0 Å². The van der Waals surface area contributed by atoms with Crippen LogP contribution in [0.3, 0.4) is 0 Å². The number of para-hydroxylation sites is 1. The van der Waals surface area contributed by atoms with E-state index in [1.165, 1.54) is 6.21 Å². The lowest BCUT2D eigenvalue weighted by atomic mass is 10.0. The van der Waals surface area contributed by atoms with E-state index in [-0.39, 0.29) is 17.0 Å². The molecule has 1 aromatic heterocycles. The molecule has 1 amide bonds. The molecule has 2 N–H and O–H groups in total. The number of esters is 1. The number of halogens is 2. The van der Waals surface area contributed by atoms with Crippen LogP contribution in [0.15, 0.2) is 90.0 Å². The Hall–Kier alpha value is -4.79. The number of rotatable bonds is 10. The van der Waals surface area contributed by atoms with Gasteiger partial charge in [-0.2, -0.15) is 5.10 Å².